The van der Waals surface area contributed by atoms with Gasteiger partial charge < -0.3 is 4.98 Å². The number of hydrogen-bond acceptors (Lipinski definition) is 3. The Morgan fingerprint density at radius 1 is 1.15 bits per heavy atom. The third-order valence-corrected chi connectivity index (χ3v) is 4.74. The summed E-state index contributed by atoms with van der Waals surface area (Å²) in [7, 11) is 0. The maximum atomic E-state index is 12.6. The molecule has 126 valence electrons. The predicted octanol–water partition coefficient (Wildman–Crippen LogP) is 4.32. The van der Waals surface area contributed by atoms with E-state index in [0.29, 0.717) is 11.2 Å². The highest BCUT2D eigenvalue weighted by Gasteiger charge is 2.20. The Balaban J connectivity index is 2.16. The molecule has 0 unspecified atom stereocenters. The summed E-state index contributed by atoms with van der Waals surface area (Å²) in [5.41, 5.74) is 3.22. The van der Waals surface area contributed by atoms with Crippen molar-refractivity contribution < 1.29 is 0 Å². The minimum absolute atomic E-state index is 0.0892. The quantitative estimate of drug-likeness (QED) is 0.540. The van der Waals surface area contributed by atoms with Crippen LogP contribution in [0.15, 0.2) is 63.9 Å². The van der Waals surface area contributed by atoms with Gasteiger partial charge >= 0.3 is 0 Å². The maximum Gasteiger partial charge on any atom is 0.268 e. The molecule has 0 saturated carbocycles. The zero-order valence-electron chi connectivity index (χ0n) is 13.8. The average molecular weight is 405 g/mol. The first kappa shape index (κ1) is 16.3. The van der Waals surface area contributed by atoms with E-state index in [1.165, 1.54) is 0 Å². The number of aromatic amines is 1. The Hall–Kier alpha value is -3.17. The minimum atomic E-state index is -0.424. The van der Waals surface area contributed by atoms with Gasteiger partial charge in [0.25, 0.3) is 5.56 Å². The molecule has 0 aliphatic rings. The lowest BCUT2D eigenvalue weighted by Gasteiger charge is -2.08. The van der Waals surface area contributed by atoms with Crippen LogP contribution in [-0.4, -0.2) is 14.8 Å². The van der Waals surface area contributed by atoms with Gasteiger partial charge in [0.05, 0.1) is 11.4 Å². The SMILES string of the molecule is Cc1nn(-c2ccccc2)c2[nH]c(=O)c(C#N)c(-c3cccc(Br)c3)c12. The van der Waals surface area contributed by atoms with E-state index in [1.54, 1.807) is 4.68 Å². The summed E-state index contributed by atoms with van der Waals surface area (Å²) in [6.45, 7) is 1.88. The molecule has 5 nitrogen and oxygen atoms in total. The van der Waals surface area contributed by atoms with E-state index in [-0.39, 0.29) is 5.56 Å². The second kappa shape index (κ2) is 6.28. The van der Waals surface area contributed by atoms with Crippen LogP contribution in [-0.2, 0) is 0 Å². The van der Waals surface area contributed by atoms with E-state index in [9.17, 15) is 10.1 Å². The van der Waals surface area contributed by atoms with Crippen molar-refractivity contribution in [3.63, 3.8) is 0 Å². The molecule has 26 heavy (non-hydrogen) atoms. The smallest absolute Gasteiger partial charge is 0.268 e. The van der Waals surface area contributed by atoms with Gasteiger partial charge in [0.15, 0.2) is 0 Å². The number of nitriles is 1. The van der Waals surface area contributed by atoms with Gasteiger partial charge in [0.1, 0.15) is 17.3 Å². The summed E-state index contributed by atoms with van der Waals surface area (Å²) in [6, 6.07) is 19.2. The number of pyridine rings is 1. The summed E-state index contributed by atoms with van der Waals surface area (Å²) >= 11 is 3.46. The van der Waals surface area contributed by atoms with Crippen molar-refractivity contribution in [2.75, 3.05) is 0 Å². The Morgan fingerprint density at radius 3 is 2.62 bits per heavy atom. The Labute approximate surface area is 157 Å². The van der Waals surface area contributed by atoms with Crippen LogP contribution in [0, 0.1) is 18.3 Å². The van der Waals surface area contributed by atoms with Gasteiger partial charge in [-0.05, 0) is 36.8 Å². The van der Waals surface area contributed by atoms with E-state index in [2.05, 4.69) is 32.1 Å². The predicted molar refractivity (Wildman–Crippen MR) is 104 cm³/mol. The molecule has 0 atom stereocenters. The second-order valence-electron chi connectivity index (χ2n) is 5.88. The molecule has 6 heteroatoms. The minimum Gasteiger partial charge on any atom is -0.305 e. The molecule has 0 bridgehead atoms. The van der Waals surface area contributed by atoms with Gasteiger partial charge in [0.2, 0.25) is 0 Å². The maximum absolute atomic E-state index is 12.6. The van der Waals surface area contributed by atoms with Gasteiger partial charge in [0, 0.05) is 15.4 Å². The molecule has 0 aliphatic carbocycles. The monoisotopic (exact) mass is 404 g/mol. The van der Waals surface area contributed by atoms with Crippen LogP contribution in [0.3, 0.4) is 0 Å². The molecule has 0 amide bonds. The number of nitrogens with one attached hydrogen (secondary N) is 1. The number of hydrogen-bond donors (Lipinski definition) is 1. The van der Waals surface area contributed by atoms with Gasteiger partial charge in [-0.2, -0.15) is 10.4 Å². The molecular formula is C20H13BrN4O. The van der Waals surface area contributed by atoms with Crippen LogP contribution in [0.4, 0.5) is 0 Å². The number of rotatable bonds is 2. The molecular weight excluding hydrogens is 392 g/mol. The lowest BCUT2D eigenvalue weighted by molar-refractivity contribution is 0.875. The van der Waals surface area contributed by atoms with Crippen molar-refractivity contribution in [2.45, 2.75) is 6.92 Å². The summed E-state index contributed by atoms with van der Waals surface area (Å²) in [5, 5.41) is 15.0. The number of H-pyrrole nitrogens is 1. The fourth-order valence-corrected chi connectivity index (χ4v) is 3.55. The van der Waals surface area contributed by atoms with Gasteiger partial charge in [-0.3, -0.25) is 4.79 Å². The number of para-hydroxylation sites is 1. The van der Waals surface area contributed by atoms with E-state index >= 15 is 0 Å². The molecule has 2 aromatic heterocycles. The number of benzene rings is 2. The first-order chi connectivity index (χ1) is 12.6. The zero-order chi connectivity index (χ0) is 18.3. The molecule has 4 aromatic rings. The van der Waals surface area contributed by atoms with Crippen LogP contribution in [0.25, 0.3) is 27.8 Å². The number of fused-ring (bicyclic) bond motifs is 1. The Kier molecular flexibility index (Phi) is 3.94. The van der Waals surface area contributed by atoms with Crippen molar-refractivity contribution >= 4 is 27.0 Å². The third-order valence-electron chi connectivity index (χ3n) is 4.25. The molecule has 0 radical (unpaired) electrons. The van der Waals surface area contributed by atoms with Crippen LogP contribution in [0.2, 0.25) is 0 Å². The van der Waals surface area contributed by atoms with Crippen LogP contribution in [0.1, 0.15) is 11.3 Å². The van der Waals surface area contributed by atoms with E-state index in [0.717, 1.165) is 26.8 Å². The molecule has 0 aliphatic heterocycles. The molecule has 0 fully saturated rings. The number of nitrogens with zero attached hydrogens (tertiary/aromatic N) is 3. The van der Waals surface area contributed by atoms with Crippen molar-refractivity contribution in [2.24, 2.45) is 0 Å². The molecule has 0 saturated heterocycles. The lowest BCUT2D eigenvalue weighted by atomic mass is 9.98. The highest BCUT2D eigenvalue weighted by atomic mass is 79.9. The lowest BCUT2D eigenvalue weighted by Crippen LogP contribution is -2.13. The first-order valence-electron chi connectivity index (χ1n) is 7.97. The van der Waals surface area contributed by atoms with Crippen LogP contribution in [0.5, 0.6) is 0 Å². The molecule has 4 rings (SSSR count). The summed E-state index contributed by atoms with van der Waals surface area (Å²) in [6.07, 6.45) is 0. The number of aromatic nitrogens is 3. The molecule has 2 heterocycles. The third kappa shape index (κ3) is 2.54. The number of aryl methyl sites for hydroxylation is 1. The summed E-state index contributed by atoms with van der Waals surface area (Å²) in [4.78, 5) is 15.4. The fraction of sp³-hybridized carbons (Fsp3) is 0.0500. The van der Waals surface area contributed by atoms with Crippen molar-refractivity contribution in [1.29, 1.82) is 5.26 Å². The van der Waals surface area contributed by atoms with E-state index in [4.69, 9.17) is 0 Å². The van der Waals surface area contributed by atoms with Crippen LogP contribution < -0.4 is 5.56 Å². The normalized spacial score (nSPS) is 10.8. The van der Waals surface area contributed by atoms with Crippen molar-refractivity contribution in [3.8, 4) is 22.9 Å². The highest BCUT2D eigenvalue weighted by Crippen LogP contribution is 2.33. The van der Waals surface area contributed by atoms with Crippen molar-refractivity contribution in [1.82, 2.24) is 14.8 Å². The second-order valence-corrected chi connectivity index (χ2v) is 6.80. The number of halogens is 1. The Morgan fingerprint density at radius 2 is 1.92 bits per heavy atom. The van der Waals surface area contributed by atoms with E-state index < -0.39 is 5.56 Å². The van der Waals surface area contributed by atoms with Gasteiger partial charge in [-0.15, -0.1) is 0 Å². The highest BCUT2D eigenvalue weighted by molar-refractivity contribution is 9.10. The van der Waals surface area contributed by atoms with Gasteiger partial charge in [-0.1, -0.05) is 46.3 Å². The molecule has 0 spiro atoms. The summed E-state index contributed by atoms with van der Waals surface area (Å²) < 4.78 is 2.58. The summed E-state index contributed by atoms with van der Waals surface area (Å²) in [5.74, 6) is 0. The standard InChI is InChI=1S/C20H13BrN4O/c1-12-17-18(13-6-5-7-14(21)10-13)16(11-22)20(26)23-19(17)25(24-12)15-8-3-2-4-9-15/h2-10H,1H3,(H,23,26). The largest absolute Gasteiger partial charge is 0.305 e. The fourth-order valence-electron chi connectivity index (χ4n) is 3.15. The van der Waals surface area contributed by atoms with Crippen LogP contribution >= 0.6 is 15.9 Å². The topological polar surface area (TPSA) is 74.5 Å². The molecule has 2 aromatic carbocycles. The zero-order valence-corrected chi connectivity index (χ0v) is 15.4. The average Bonchev–Trinajstić information content (AvgIpc) is 2.97. The van der Waals surface area contributed by atoms with Gasteiger partial charge in [-0.25, -0.2) is 4.68 Å². The Bertz CT molecular complexity index is 1230. The molecule has 1 N–H and O–H groups in total. The van der Waals surface area contributed by atoms with E-state index in [1.807, 2.05) is 61.5 Å². The van der Waals surface area contributed by atoms with Crippen molar-refractivity contribution in [3.05, 3.63) is 80.7 Å². The first-order valence-corrected chi connectivity index (χ1v) is 8.76.